The third-order valence-electron chi connectivity index (χ3n) is 4.52. The molecule has 0 radical (unpaired) electrons. The number of nitrogens with one attached hydrogen (secondary N) is 1. The molecule has 1 fully saturated rings. The van der Waals surface area contributed by atoms with Crippen molar-refractivity contribution in [3.8, 4) is 0 Å². The zero-order chi connectivity index (χ0) is 18.8. The van der Waals surface area contributed by atoms with Crippen LogP contribution >= 0.6 is 0 Å². The number of carbonyl (C=O) groups is 2. The predicted molar refractivity (Wildman–Crippen MR) is 99.7 cm³/mol. The first-order valence-corrected chi connectivity index (χ1v) is 8.95. The van der Waals surface area contributed by atoms with Gasteiger partial charge in [-0.15, -0.1) is 0 Å². The van der Waals surface area contributed by atoms with Gasteiger partial charge >= 0.3 is 6.09 Å². The van der Waals surface area contributed by atoms with Crippen LogP contribution in [-0.4, -0.2) is 35.1 Å². The van der Waals surface area contributed by atoms with Crippen LogP contribution < -0.4 is 5.32 Å². The van der Waals surface area contributed by atoms with Gasteiger partial charge in [-0.2, -0.15) is 0 Å². The van der Waals surface area contributed by atoms with Crippen LogP contribution in [0.4, 0.5) is 10.5 Å². The number of ether oxygens (including phenoxy) is 1. The van der Waals surface area contributed by atoms with Crippen LogP contribution in [0.5, 0.6) is 0 Å². The Kier molecular flexibility index (Phi) is 5.76. The largest absolute Gasteiger partial charge is 0.444 e. The zero-order valence-electron chi connectivity index (χ0n) is 16.2. The lowest BCUT2D eigenvalue weighted by molar-refractivity contribution is -0.123. The Balaban J connectivity index is 2.19. The fourth-order valence-corrected chi connectivity index (χ4v) is 3.15. The van der Waals surface area contributed by atoms with E-state index in [4.69, 9.17) is 4.74 Å². The normalized spacial score (nSPS) is 21.0. The molecular weight excluding hydrogens is 316 g/mol. The van der Waals surface area contributed by atoms with Crippen molar-refractivity contribution in [1.82, 2.24) is 4.90 Å². The quantitative estimate of drug-likeness (QED) is 0.869. The highest BCUT2D eigenvalue weighted by atomic mass is 16.6. The van der Waals surface area contributed by atoms with E-state index in [0.717, 1.165) is 23.2 Å². The van der Waals surface area contributed by atoms with Gasteiger partial charge in [0.05, 0.1) is 0 Å². The van der Waals surface area contributed by atoms with Gasteiger partial charge in [-0.1, -0.05) is 25.1 Å². The lowest BCUT2D eigenvalue weighted by Gasteiger charge is -2.38. The van der Waals surface area contributed by atoms with Crippen LogP contribution in [0.25, 0.3) is 0 Å². The number of benzene rings is 1. The Labute approximate surface area is 150 Å². The van der Waals surface area contributed by atoms with E-state index in [0.29, 0.717) is 18.9 Å². The molecule has 138 valence electrons. The number of para-hydroxylation sites is 1. The van der Waals surface area contributed by atoms with Gasteiger partial charge in [0.2, 0.25) is 5.91 Å². The Hall–Kier alpha value is -2.04. The van der Waals surface area contributed by atoms with Crippen molar-refractivity contribution in [2.45, 2.75) is 66.0 Å². The second-order valence-corrected chi connectivity index (χ2v) is 8.08. The molecule has 1 heterocycles. The maximum absolute atomic E-state index is 12.9. The van der Waals surface area contributed by atoms with Crippen molar-refractivity contribution in [1.29, 1.82) is 0 Å². The van der Waals surface area contributed by atoms with Crippen molar-refractivity contribution < 1.29 is 14.3 Å². The Morgan fingerprint density at radius 2 is 1.80 bits per heavy atom. The van der Waals surface area contributed by atoms with E-state index in [1.165, 1.54) is 0 Å². The molecule has 0 aromatic heterocycles. The fourth-order valence-electron chi connectivity index (χ4n) is 3.15. The van der Waals surface area contributed by atoms with Gasteiger partial charge in [0.25, 0.3) is 0 Å². The molecule has 2 atom stereocenters. The van der Waals surface area contributed by atoms with E-state index in [-0.39, 0.29) is 5.91 Å². The van der Waals surface area contributed by atoms with Crippen LogP contribution in [0.1, 0.15) is 51.7 Å². The number of nitrogens with zero attached hydrogens (tertiary/aromatic N) is 1. The number of aryl methyl sites for hydroxylation is 2. The summed E-state index contributed by atoms with van der Waals surface area (Å²) in [6.45, 7) is 12.1. The van der Waals surface area contributed by atoms with Crippen LogP contribution in [0.3, 0.4) is 0 Å². The summed E-state index contributed by atoms with van der Waals surface area (Å²) in [6.07, 6.45) is 1.11. The first kappa shape index (κ1) is 19.3. The second-order valence-electron chi connectivity index (χ2n) is 8.08. The molecule has 2 amide bonds. The topological polar surface area (TPSA) is 58.6 Å². The van der Waals surface area contributed by atoms with Crippen molar-refractivity contribution in [2.24, 2.45) is 5.92 Å². The monoisotopic (exact) mass is 346 g/mol. The zero-order valence-corrected chi connectivity index (χ0v) is 16.2. The second kappa shape index (κ2) is 7.46. The van der Waals surface area contributed by atoms with E-state index in [9.17, 15) is 9.59 Å². The minimum atomic E-state index is -0.576. The van der Waals surface area contributed by atoms with Gasteiger partial charge in [-0.05, 0) is 64.5 Å². The maximum atomic E-state index is 12.9. The molecule has 0 saturated carbocycles. The van der Waals surface area contributed by atoms with E-state index < -0.39 is 17.7 Å². The molecule has 5 heteroatoms. The molecule has 25 heavy (non-hydrogen) atoms. The average molecular weight is 346 g/mol. The molecule has 2 rings (SSSR count). The summed E-state index contributed by atoms with van der Waals surface area (Å²) >= 11 is 0. The van der Waals surface area contributed by atoms with Gasteiger partial charge in [0, 0.05) is 12.2 Å². The van der Waals surface area contributed by atoms with Crippen LogP contribution in [-0.2, 0) is 9.53 Å². The predicted octanol–water partition coefficient (Wildman–Crippen LogP) is 4.28. The molecule has 5 nitrogen and oxygen atoms in total. The molecule has 0 unspecified atom stereocenters. The third kappa shape index (κ3) is 4.97. The minimum Gasteiger partial charge on any atom is -0.444 e. The highest BCUT2D eigenvalue weighted by Crippen LogP contribution is 2.27. The van der Waals surface area contributed by atoms with Gasteiger partial charge in [0.15, 0.2) is 0 Å². The van der Waals surface area contributed by atoms with Gasteiger partial charge in [-0.3, -0.25) is 9.69 Å². The highest BCUT2D eigenvalue weighted by Gasteiger charge is 2.37. The van der Waals surface area contributed by atoms with Crippen LogP contribution in [0.15, 0.2) is 18.2 Å². The summed E-state index contributed by atoms with van der Waals surface area (Å²) in [4.78, 5) is 27.1. The molecule has 0 bridgehead atoms. The molecule has 1 aliphatic rings. The van der Waals surface area contributed by atoms with Gasteiger partial charge in [-0.25, -0.2) is 4.79 Å². The summed E-state index contributed by atoms with van der Waals surface area (Å²) in [7, 11) is 0. The Morgan fingerprint density at radius 3 is 2.36 bits per heavy atom. The third-order valence-corrected chi connectivity index (χ3v) is 4.52. The minimum absolute atomic E-state index is 0.144. The summed E-state index contributed by atoms with van der Waals surface area (Å²) < 4.78 is 5.50. The molecule has 1 aromatic rings. The fraction of sp³-hybridized carbons (Fsp3) is 0.600. The average Bonchev–Trinajstić information content (AvgIpc) is 2.49. The molecule has 0 aliphatic carbocycles. The first-order chi connectivity index (χ1) is 11.6. The maximum Gasteiger partial charge on any atom is 0.410 e. The van der Waals surface area contributed by atoms with Crippen molar-refractivity contribution in [2.75, 3.05) is 11.9 Å². The van der Waals surface area contributed by atoms with E-state index >= 15 is 0 Å². The molecule has 1 aliphatic heterocycles. The highest BCUT2D eigenvalue weighted by molar-refractivity contribution is 5.97. The smallest absolute Gasteiger partial charge is 0.410 e. The molecule has 0 spiro atoms. The molecule has 1 aromatic carbocycles. The summed E-state index contributed by atoms with van der Waals surface area (Å²) in [6, 6.07) is 5.41. The van der Waals surface area contributed by atoms with Crippen LogP contribution in [0.2, 0.25) is 0 Å². The number of rotatable bonds is 2. The Bertz CT molecular complexity index is 629. The van der Waals surface area contributed by atoms with Crippen molar-refractivity contribution in [3.05, 3.63) is 29.3 Å². The van der Waals surface area contributed by atoms with Gasteiger partial charge < -0.3 is 10.1 Å². The van der Waals surface area contributed by atoms with Crippen molar-refractivity contribution in [3.63, 3.8) is 0 Å². The summed E-state index contributed by atoms with van der Waals surface area (Å²) in [5, 5.41) is 3.03. The number of amides is 2. The number of carbonyl (C=O) groups excluding carboxylic acids is 2. The Morgan fingerprint density at radius 1 is 1.20 bits per heavy atom. The molecule has 1 N–H and O–H groups in total. The number of hydrogen-bond acceptors (Lipinski definition) is 3. The number of piperidine rings is 1. The SMILES string of the molecule is Cc1cccc(C)c1NC(=O)[C@@H]1C[C@H](C)CCN1C(=O)OC(C)(C)C. The summed E-state index contributed by atoms with van der Waals surface area (Å²) in [5.41, 5.74) is 2.28. The summed E-state index contributed by atoms with van der Waals surface area (Å²) in [5.74, 6) is 0.252. The lowest BCUT2D eigenvalue weighted by atomic mass is 9.92. The molecular formula is C20H30N2O3. The number of likely N-dealkylation sites (tertiary alicyclic amines) is 1. The van der Waals surface area contributed by atoms with Crippen molar-refractivity contribution >= 4 is 17.7 Å². The van der Waals surface area contributed by atoms with Gasteiger partial charge in [0.1, 0.15) is 11.6 Å². The standard InChI is InChI=1S/C20H30N2O3/c1-13-10-11-22(19(24)25-20(4,5)6)16(12-13)18(23)21-17-14(2)8-7-9-15(17)3/h7-9,13,16H,10-12H2,1-6H3,(H,21,23)/t13-,16+/m1/s1. The number of hydrogen-bond donors (Lipinski definition) is 1. The van der Waals surface area contributed by atoms with E-state index in [1.54, 1.807) is 4.90 Å². The van der Waals surface area contributed by atoms with Crippen LogP contribution in [0, 0.1) is 19.8 Å². The molecule has 1 saturated heterocycles. The first-order valence-electron chi connectivity index (χ1n) is 8.95. The number of anilines is 1. The van der Waals surface area contributed by atoms with E-state index in [1.807, 2.05) is 52.8 Å². The van der Waals surface area contributed by atoms with E-state index in [2.05, 4.69) is 12.2 Å². The lowest BCUT2D eigenvalue weighted by Crippen LogP contribution is -2.53.